The maximum atomic E-state index is 13.0. The van der Waals surface area contributed by atoms with E-state index in [0.717, 1.165) is 37.9 Å². The van der Waals surface area contributed by atoms with Crippen LogP contribution in [-0.2, 0) is 50.0 Å². The monoisotopic (exact) mass is 721 g/mol. The van der Waals surface area contributed by atoms with Gasteiger partial charge < -0.3 is 28.5 Å². The summed E-state index contributed by atoms with van der Waals surface area (Å²) < 4.78 is 31.8. The van der Waals surface area contributed by atoms with Gasteiger partial charge in [0.1, 0.15) is 30.2 Å². The number of carbonyl (C=O) groups is 1. The van der Waals surface area contributed by atoms with E-state index in [4.69, 9.17) is 35.0 Å². The fraction of sp³-hybridized carbons (Fsp3) is 0.220. The first-order valence-corrected chi connectivity index (χ1v) is 17.8. The molecule has 0 aliphatic carbocycles. The number of nitrogens with zero attached hydrogens (tertiary/aromatic N) is 1. The Kier molecular flexibility index (Phi) is 11.3. The van der Waals surface area contributed by atoms with Crippen molar-refractivity contribution < 1.29 is 33.3 Å². The molecule has 0 saturated carbocycles. The maximum Gasteiger partial charge on any atom is 0.335 e. The van der Waals surface area contributed by atoms with Crippen LogP contribution < -0.4 is 0 Å². The predicted molar refractivity (Wildman–Crippen MR) is 194 cm³/mol. The minimum Gasteiger partial charge on any atom is -0.479 e. The van der Waals surface area contributed by atoms with Crippen molar-refractivity contribution in [1.29, 1.82) is 0 Å². The molecule has 1 saturated heterocycles. The molecular formula is C41H36ClNO7S. The summed E-state index contributed by atoms with van der Waals surface area (Å²) in [6, 6.07) is 38.5. The molecule has 1 N–H and O–H groups in total. The van der Waals surface area contributed by atoms with Gasteiger partial charge in [0.15, 0.2) is 6.10 Å². The Morgan fingerprint density at radius 1 is 0.745 bits per heavy atom. The average molecular weight is 722 g/mol. The first kappa shape index (κ1) is 34.8. The molecule has 0 amide bonds. The summed E-state index contributed by atoms with van der Waals surface area (Å²) in [5.41, 5.74) is 4.30. The number of benzene rings is 4. The number of aromatic nitrogens is 1. The number of aliphatic carboxylic acids is 1. The van der Waals surface area contributed by atoms with E-state index in [-0.39, 0.29) is 19.8 Å². The Labute approximate surface area is 305 Å². The molecule has 8 nitrogen and oxygen atoms in total. The number of ether oxygens (including phenoxy) is 4. The van der Waals surface area contributed by atoms with Crippen molar-refractivity contribution in [3.05, 3.63) is 172 Å². The van der Waals surface area contributed by atoms with Gasteiger partial charge in [0.05, 0.1) is 36.0 Å². The van der Waals surface area contributed by atoms with Gasteiger partial charge in [-0.3, -0.25) is 0 Å². The smallest absolute Gasteiger partial charge is 0.335 e. The van der Waals surface area contributed by atoms with Gasteiger partial charge in [-0.2, -0.15) is 0 Å². The van der Waals surface area contributed by atoms with Gasteiger partial charge in [0.25, 0.3) is 0 Å². The first-order valence-electron chi connectivity index (χ1n) is 16.6. The van der Waals surface area contributed by atoms with Crippen LogP contribution in [0.1, 0.15) is 38.9 Å². The topological polar surface area (TPSA) is 100 Å². The van der Waals surface area contributed by atoms with Crippen molar-refractivity contribution >= 4 is 28.9 Å². The summed E-state index contributed by atoms with van der Waals surface area (Å²) in [5.74, 6) is -0.409. The second-order valence-corrected chi connectivity index (χ2v) is 13.7. The highest BCUT2D eigenvalue weighted by atomic mass is 35.5. The number of halogens is 1. The molecule has 51 heavy (non-hydrogen) atoms. The van der Waals surface area contributed by atoms with Crippen LogP contribution in [0.3, 0.4) is 0 Å². The predicted octanol–water partition coefficient (Wildman–Crippen LogP) is 8.93. The molecule has 0 bridgehead atoms. The van der Waals surface area contributed by atoms with Gasteiger partial charge in [0.2, 0.25) is 0 Å². The van der Waals surface area contributed by atoms with E-state index in [1.807, 2.05) is 115 Å². The van der Waals surface area contributed by atoms with Gasteiger partial charge >= 0.3 is 5.97 Å². The SMILES string of the molecule is O=C(O)C1OC(c2ccc(Cl)c(Cc3ncc(-c4ccco4)s3)c2)C(OCc2ccccc2)C(OCc2ccccc2)C1OCc1ccccc1. The van der Waals surface area contributed by atoms with Crippen LogP contribution >= 0.6 is 22.9 Å². The van der Waals surface area contributed by atoms with E-state index in [1.165, 1.54) is 11.3 Å². The summed E-state index contributed by atoms with van der Waals surface area (Å²) in [7, 11) is 0. The zero-order chi connectivity index (χ0) is 35.0. The van der Waals surface area contributed by atoms with Gasteiger partial charge in [-0.25, -0.2) is 9.78 Å². The van der Waals surface area contributed by atoms with Crippen LogP contribution in [-0.4, -0.2) is 40.5 Å². The van der Waals surface area contributed by atoms with E-state index < -0.39 is 36.5 Å². The van der Waals surface area contributed by atoms with E-state index in [1.54, 1.807) is 18.5 Å². The number of carboxylic acid groups (broad SMARTS) is 1. The molecule has 260 valence electrons. The van der Waals surface area contributed by atoms with Crippen molar-refractivity contribution in [2.24, 2.45) is 0 Å². The maximum absolute atomic E-state index is 13.0. The molecular weight excluding hydrogens is 686 g/mol. The summed E-state index contributed by atoms with van der Waals surface area (Å²) in [5, 5.41) is 12.0. The summed E-state index contributed by atoms with van der Waals surface area (Å²) in [6.45, 7) is 0.627. The third-order valence-corrected chi connectivity index (χ3v) is 10.1. The number of hydrogen-bond donors (Lipinski definition) is 1. The molecule has 5 atom stereocenters. The zero-order valence-corrected chi connectivity index (χ0v) is 29.1. The zero-order valence-electron chi connectivity index (χ0n) is 27.5. The van der Waals surface area contributed by atoms with Gasteiger partial charge in [-0.1, -0.05) is 115 Å². The lowest BCUT2D eigenvalue weighted by Crippen LogP contribution is -2.59. The van der Waals surface area contributed by atoms with Crippen LogP contribution in [0.25, 0.3) is 10.6 Å². The molecule has 5 unspecified atom stereocenters. The lowest BCUT2D eigenvalue weighted by Gasteiger charge is -2.45. The van der Waals surface area contributed by atoms with E-state index in [2.05, 4.69) is 4.98 Å². The Morgan fingerprint density at radius 3 is 1.90 bits per heavy atom. The molecule has 10 heteroatoms. The lowest BCUT2D eigenvalue weighted by molar-refractivity contribution is -0.266. The first-order chi connectivity index (χ1) is 25.0. The number of carboxylic acids is 1. The standard InChI is InChI=1S/C41H36ClNO7S/c42-32-19-18-30(21-31(32)22-35-43-23-34(51-35)33-17-10-20-46-33)36-37(47-24-27-11-4-1-5-12-27)38(48-25-28-13-6-2-7-14-28)39(40(50-36)41(44)45)49-26-29-15-8-3-9-16-29/h1-21,23,36-40H,22,24-26H2,(H,44,45). The molecule has 0 radical (unpaired) electrons. The van der Waals surface area contributed by atoms with Crippen molar-refractivity contribution in [3.8, 4) is 10.6 Å². The fourth-order valence-corrected chi connectivity index (χ4v) is 7.25. The van der Waals surface area contributed by atoms with Crippen LogP contribution in [0.2, 0.25) is 5.02 Å². The number of hydrogen-bond acceptors (Lipinski definition) is 8. The Balaban J connectivity index is 1.24. The van der Waals surface area contributed by atoms with Crippen LogP contribution in [0.5, 0.6) is 0 Å². The van der Waals surface area contributed by atoms with Gasteiger partial charge in [0, 0.05) is 17.6 Å². The Hall–Kier alpha value is -4.61. The Morgan fingerprint density at radius 2 is 1.33 bits per heavy atom. The fourth-order valence-electron chi connectivity index (χ4n) is 6.16. The number of rotatable bonds is 14. The van der Waals surface area contributed by atoms with E-state index in [0.29, 0.717) is 17.0 Å². The third kappa shape index (κ3) is 8.65. The number of furan rings is 1. The molecule has 3 heterocycles. The van der Waals surface area contributed by atoms with Crippen molar-refractivity contribution in [2.45, 2.75) is 56.8 Å². The molecule has 7 rings (SSSR count). The minimum absolute atomic E-state index is 0.165. The van der Waals surface area contributed by atoms with Crippen LogP contribution in [0.15, 0.2) is 138 Å². The van der Waals surface area contributed by atoms with Gasteiger partial charge in [-0.15, -0.1) is 11.3 Å². The molecule has 6 aromatic rings. The van der Waals surface area contributed by atoms with Crippen molar-refractivity contribution in [1.82, 2.24) is 4.98 Å². The average Bonchev–Trinajstić information content (AvgIpc) is 3.87. The van der Waals surface area contributed by atoms with Crippen molar-refractivity contribution in [3.63, 3.8) is 0 Å². The highest BCUT2D eigenvalue weighted by Crippen LogP contribution is 2.40. The number of thiazole rings is 1. The summed E-state index contributed by atoms with van der Waals surface area (Å²) >= 11 is 8.29. The molecule has 2 aromatic heterocycles. The molecule has 4 aromatic carbocycles. The lowest BCUT2D eigenvalue weighted by atomic mass is 9.89. The highest BCUT2D eigenvalue weighted by molar-refractivity contribution is 7.15. The molecule has 1 fully saturated rings. The summed E-state index contributed by atoms with van der Waals surface area (Å²) in [6.07, 6.45) is -0.895. The molecule has 0 spiro atoms. The molecule has 1 aliphatic heterocycles. The normalized spacial score (nSPS) is 20.3. The van der Waals surface area contributed by atoms with Crippen molar-refractivity contribution in [2.75, 3.05) is 0 Å². The van der Waals surface area contributed by atoms with Crippen LogP contribution in [0.4, 0.5) is 0 Å². The Bertz CT molecular complexity index is 1990. The highest BCUT2D eigenvalue weighted by Gasteiger charge is 2.51. The third-order valence-electron chi connectivity index (χ3n) is 8.69. The quantitative estimate of drug-likeness (QED) is 0.119. The van der Waals surface area contributed by atoms with Crippen LogP contribution in [0, 0.1) is 0 Å². The summed E-state index contributed by atoms with van der Waals surface area (Å²) in [4.78, 5) is 18.5. The molecule has 1 aliphatic rings. The van der Waals surface area contributed by atoms with Gasteiger partial charge in [-0.05, 0) is 46.0 Å². The van der Waals surface area contributed by atoms with E-state index >= 15 is 0 Å². The largest absolute Gasteiger partial charge is 0.479 e. The van der Waals surface area contributed by atoms with E-state index in [9.17, 15) is 9.90 Å². The minimum atomic E-state index is -1.36. The second-order valence-electron chi connectivity index (χ2n) is 12.2. The second kappa shape index (κ2) is 16.6.